The van der Waals surface area contributed by atoms with Crippen molar-refractivity contribution in [3.63, 3.8) is 0 Å². The molecule has 0 saturated heterocycles. The van der Waals surface area contributed by atoms with Crippen molar-refractivity contribution in [2.45, 2.75) is 104 Å². The second kappa shape index (κ2) is 29.3. The van der Waals surface area contributed by atoms with E-state index in [4.69, 9.17) is 51.1 Å². The molecule has 6 N–H and O–H groups in total. The van der Waals surface area contributed by atoms with Crippen molar-refractivity contribution in [3.05, 3.63) is 86.3 Å². The number of alkyl carbamates (subject to hydrolysis) is 3. The van der Waals surface area contributed by atoms with Gasteiger partial charge in [0, 0.05) is 74.5 Å². The van der Waals surface area contributed by atoms with Gasteiger partial charge in [0.2, 0.25) is 17.7 Å². The van der Waals surface area contributed by atoms with Crippen LogP contribution in [0.4, 0.5) is 44.6 Å². The number of rotatable bonds is 16. The molecule has 0 bridgehead atoms. The number of alkyl halides is 3. The summed E-state index contributed by atoms with van der Waals surface area (Å²) in [4.78, 5) is 68.2. The predicted octanol–water partition coefficient (Wildman–Crippen LogP) is 10.9. The molecule has 0 unspecified atom stereocenters. The number of carbonyl (C=O) groups excluding carboxylic acids is 6. The Morgan fingerprint density at radius 2 is 0.844 bits per heavy atom. The van der Waals surface area contributed by atoms with Crippen LogP contribution in [-0.2, 0) is 34.8 Å². The highest BCUT2D eigenvalue weighted by Gasteiger charge is 2.30. The van der Waals surface area contributed by atoms with Gasteiger partial charge in [0.1, 0.15) is 0 Å². The van der Waals surface area contributed by atoms with Crippen molar-refractivity contribution >= 4 is 99.5 Å². The molecule has 3 aromatic rings. The lowest BCUT2D eigenvalue weighted by molar-refractivity contribution is -0.137. The van der Waals surface area contributed by atoms with Crippen molar-refractivity contribution in [2.24, 2.45) is 0 Å². The normalized spacial score (nSPS) is 12.0. The van der Waals surface area contributed by atoms with Gasteiger partial charge in [-0.3, -0.25) is 30.3 Å². The monoisotopic (exact) mass is 982 g/mol. The summed E-state index contributed by atoms with van der Waals surface area (Å²) in [6.45, 7) is 8.99. The number of carbonyl (C=O) groups is 6. The number of anilines is 3. The maximum Gasteiger partial charge on any atom is 0.416 e. The Bertz CT molecular complexity index is 1870. The van der Waals surface area contributed by atoms with Crippen molar-refractivity contribution in [1.29, 1.82) is 0 Å². The Morgan fingerprint density at radius 3 is 1.12 bits per heavy atom. The van der Waals surface area contributed by atoms with Crippen molar-refractivity contribution in [3.8, 4) is 0 Å². The first-order chi connectivity index (χ1) is 30.0. The number of benzene rings is 3. The molecule has 354 valence electrons. The number of ether oxygens (including phenoxy) is 3. The highest BCUT2D eigenvalue weighted by molar-refractivity contribution is 6.35. The Morgan fingerprint density at radius 1 is 0.531 bits per heavy atom. The van der Waals surface area contributed by atoms with E-state index in [1.807, 2.05) is 20.8 Å². The molecule has 0 aromatic heterocycles. The van der Waals surface area contributed by atoms with Crippen LogP contribution in [0, 0.1) is 0 Å². The Balaban J connectivity index is 0.000000483. The molecule has 0 fully saturated rings. The van der Waals surface area contributed by atoms with E-state index in [1.54, 1.807) is 50.2 Å². The predicted molar refractivity (Wildman–Crippen MR) is 242 cm³/mol. The van der Waals surface area contributed by atoms with Crippen LogP contribution in [0.1, 0.15) is 78.7 Å². The number of hydrogen-bond donors (Lipinski definition) is 6. The largest absolute Gasteiger partial charge is 0.453 e. The van der Waals surface area contributed by atoms with Crippen LogP contribution in [0.15, 0.2) is 60.7 Å². The van der Waals surface area contributed by atoms with Crippen LogP contribution in [0.5, 0.6) is 0 Å². The number of halogens is 7. The average Bonchev–Trinajstić information content (AvgIpc) is 3.19. The Labute approximate surface area is 390 Å². The van der Waals surface area contributed by atoms with Gasteiger partial charge in [0.05, 0.1) is 25.9 Å². The van der Waals surface area contributed by atoms with Gasteiger partial charge in [-0.05, 0) is 93.8 Å². The summed E-state index contributed by atoms with van der Waals surface area (Å²) in [5.74, 6) is -1.35. The van der Waals surface area contributed by atoms with Gasteiger partial charge in [-0.1, -0.05) is 67.2 Å². The first kappa shape index (κ1) is 56.8. The zero-order valence-electron chi connectivity index (χ0n) is 36.1. The van der Waals surface area contributed by atoms with Crippen molar-refractivity contribution in [1.82, 2.24) is 16.0 Å². The standard InChI is InChI=1S/C16H21F3N2O3.2C13H16Cl2N2O3/c1-4-12(9-14(22)21-15(23)24-10(2)3)20-13-7-5-11(6-8-13)16(17,18)19;2*1-3-10(7-12(18)17-13(19)20-2)16-11-5-8(14)4-9(15)6-11/h5-8,10,12,20H,4,9H2,1-3H3,(H,21,22,23);2*4-6,10,16H,3,7H2,1-2H3,(H,17,18,19)/t12-;2*10-/m010/s1. The molecule has 6 amide bonds. The molecule has 0 aliphatic heterocycles. The fourth-order valence-corrected chi connectivity index (χ4v) is 6.19. The fraction of sp³-hybridized carbons (Fsp3) is 0.429. The van der Waals surface area contributed by atoms with E-state index in [2.05, 4.69) is 41.4 Å². The summed E-state index contributed by atoms with van der Waals surface area (Å²) < 4.78 is 51.1. The molecule has 15 nitrogen and oxygen atoms in total. The number of hydrogen-bond acceptors (Lipinski definition) is 12. The minimum absolute atomic E-state index is 0.00921. The molecule has 0 heterocycles. The quantitative estimate of drug-likeness (QED) is 0.0743. The summed E-state index contributed by atoms with van der Waals surface area (Å²) in [5, 5.41) is 17.6. The van der Waals surface area contributed by atoms with Crippen LogP contribution in [0.25, 0.3) is 0 Å². The van der Waals surface area contributed by atoms with Gasteiger partial charge >= 0.3 is 24.5 Å². The molecule has 3 aromatic carbocycles. The van der Waals surface area contributed by atoms with E-state index in [9.17, 15) is 41.9 Å². The maximum absolute atomic E-state index is 12.5. The van der Waals surface area contributed by atoms with E-state index in [1.165, 1.54) is 26.4 Å². The molecule has 64 heavy (non-hydrogen) atoms. The third-order valence-electron chi connectivity index (χ3n) is 8.26. The summed E-state index contributed by atoms with van der Waals surface area (Å²) in [5.41, 5.74) is 1.17. The summed E-state index contributed by atoms with van der Waals surface area (Å²) in [6, 6.07) is 14.0. The first-order valence-electron chi connectivity index (χ1n) is 19.6. The molecular formula is C42H53Cl4F3N6O9. The number of methoxy groups -OCH3 is 2. The molecule has 3 rings (SSSR count). The van der Waals surface area contributed by atoms with Gasteiger partial charge in [0.25, 0.3) is 0 Å². The van der Waals surface area contributed by atoms with E-state index < -0.39 is 47.7 Å². The lowest BCUT2D eigenvalue weighted by Gasteiger charge is -2.18. The summed E-state index contributed by atoms with van der Waals surface area (Å²) >= 11 is 23.6. The lowest BCUT2D eigenvalue weighted by atomic mass is 10.1. The Kier molecular flexibility index (Phi) is 26.0. The van der Waals surface area contributed by atoms with E-state index in [0.717, 1.165) is 23.5 Å². The lowest BCUT2D eigenvalue weighted by Crippen LogP contribution is -2.36. The molecule has 22 heteroatoms. The van der Waals surface area contributed by atoms with Crippen LogP contribution in [-0.4, -0.2) is 74.5 Å². The Hall–Kier alpha value is -5.17. The van der Waals surface area contributed by atoms with Gasteiger partial charge in [-0.25, -0.2) is 14.4 Å². The molecule has 0 aliphatic rings. The molecule has 0 radical (unpaired) electrons. The van der Waals surface area contributed by atoms with Crippen LogP contribution >= 0.6 is 46.4 Å². The highest BCUT2D eigenvalue weighted by Crippen LogP contribution is 2.30. The number of nitrogens with one attached hydrogen (secondary N) is 6. The molecule has 3 atom stereocenters. The molecular weight excluding hydrogens is 931 g/mol. The highest BCUT2D eigenvalue weighted by atomic mass is 35.5. The second-order valence-corrected chi connectivity index (χ2v) is 15.6. The zero-order chi connectivity index (χ0) is 48.6. The van der Waals surface area contributed by atoms with E-state index in [0.29, 0.717) is 45.0 Å². The molecule has 0 spiro atoms. The van der Waals surface area contributed by atoms with Gasteiger partial charge in [-0.2, -0.15) is 13.2 Å². The third-order valence-corrected chi connectivity index (χ3v) is 9.13. The zero-order valence-corrected chi connectivity index (χ0v) is 39.2. The second-order valence-electron chi connectivity index (χ2n) is 13.8. The van der Waals surface area contributed by atoms with Crippen molar-refractivity contribution < 1.29 is 56.1 Å². The molecule has 0 aliphatic carbocycles. The van der Waals surface area contributed by atoms with Gasteiger partial charge < -0.3 is 30.2 Å². The van der Waals surface area contributed by atoms with E-state index in [-0.39, 0.29) is 43.5 Å². The van der Waals surface area contributed by atoms with Crippen molar-refractivity contribution in [2.75, 3.05) is 30.2 Å². The maximum atomic E-state index is 12.5. The third kappa shape index (κ3) is 24.6. The molecule has 0 saturated carbocycles. The smallest absolute Gasteiger partial charge is 0.416 e. The van der Waals surface area contributed by atoms with Crippen LogP contribution in [0.2, 0.25) is 20.1 Å². The fourth-order valence-electron chi connectivity index (χ4n) is 5.14. The first-order valence-corrected chi connectivity index (χ1v) is 21.2. The number of amides is 6. The SMILES string of the molecule is CC[C@@H](CC(=O)NC(=O)OC(C)C)Nc1ccc(C(F)(F)F)cc1.CC[C@@H](CC(=O)NC(=O)OC)Nc1cc(Cl)cc(Cl)c1.CC[C@H](CC(=O)NC(=O)OC)Nc1cc(Cl)cc(Cl)c1. The van der Waals surface area contributed by atoms with Gasteiger partial charge in [-0.15, -0.1) is 0 Å². The van der Waals surface area contributed by atoms with Crippen LogP contribution in [0.3, 0.4) is 0 Å². The minimum atomic E-state index is -4.39. The number of imide groups is 3. The summed E-state index contributed by atoms with van der Waals surface area (Å²) in [6.07, 6.45) is -4.89. The van der Waals surface area contributed by atoms with E-state index >= 15 is 0 Å². The minimum Gasteiger partial charge on any atom is -0.453 e. The average molecular weight is 985 g/mol. The van der Waals surface area contributed by atoms with Gasteiger partial charge in [0.15, 0.2) is 0 Å². The topological polar surface area (TPSA) is 202 Å². The summed E-state index contributed by atoms with van der Waals surface area (Å²) in [7, 11) is 2.40. The van der Waals surface area contributed by atoms with Crippen LogP contribution < -0.4 is 31.9 Å².